The highest BCUT2D eigenvalue weighted by Crippen LogP contribution is 2.50. The highest BCUT2D eigenvalue weighted by molar-refractivity contribution is 5.50. The Hall–Kier alpha value is -1.39. The maximum atomic E-state index is 13.7. The van der Waals surface area contributed by atoms with Crippen LogP contribution in [0.2, 0.25) is 0 Å². The van der Waals surface area contributed by atoms with Crippen LogP contribution in [-0.2, 0) is 0 Å². The van der Waals surface area contributed by atoms with Crippen molar-refractivity contribution in [3.8, 4) is 11.5 Å². The molecule has 2 rings (SSSR count). The lowest BCUT2D eigenvalue weighted by atomic mass is 9.81. The van der Waals surface area contributed by atoms with E-state index in [0.29, 0.717) is 0 Å². The second-order valence-electron chi connectivity index (χ2n) is 4.58. The standard InChI is InChI=1S/C12H13F3O2/c1-6(2)10-9-7(13)3-4-8(16)11(9)17-5-12(10,14)15/h3-4,6,10,16H,5H2,1-2H3. The molecule has 2 nitrogen and oxygen atoms in total. The fourth-order valence-corrected chi connectivity index (χ4v) is 2.30. The van der Waals surface area contributed by atoms with Crippen molar-refractivity contribution in [3.63, 3.8) is 0 Å². The number of halogens is 3. The van der Waals surface area contributed by atoms with Gasteiger partial charge in [-0.05, 0) is 18.1 Å². The molecule has 0 aliphatic carbocycles. The van der Waals surface area contributed by atoms with Gasteiger partial charge < -0.3 is 9.84 Å². The van der Waals surface area contributed by atoms with Crippen LogP contribution in [0.4, 0.5) is 13.2 Å². The maximum absolute atomic E-state index is 13.7. The van der Waals surface area contributed by atoms with Crippen molar-refractivity contribution in [1.82, 2.24) is 0 Å². The fourth-order valence-electron chi connectivity index (χ4n) is 2.30. The molecule has 1 unspecified atom stereocenters. The molecule has 1 aliphatic heterocycles. The molecule has 0 amide bonds. The van der Waals surface area contributed by atoms with E-state index in [9.17, 15) is 18.3 Å². The van der Waals surface area contributed by atoms with E-state index in [1.54, 1.807) is 13.8 Å². The van der Waals surface area contributed by atoms with Gasteiger partial charge in [0.15, 0.2) is 18.1 Å². The molecule has 1 aliphatic rings. The van der Waals surface area contributed by atoms with Crippen molar-refractivity contribution < 1.29 is 23.0 Å². The Morgan fingerprint density at radius 3 is 2.65 bits per heavy atom. The molecule has 94 valence electrons. The summed E-state index contributed by atoms with van der Waals surface area (Å²) in [6, 6.07) is 2.09. The monoisotopic (exact) mass is 246 g/mol. The van der Waals surface area contributed by atoms with E-state index < -0.39 is 30.2 Å². The molecule has 1 aromatic rings. The summed E-state index contributed by atoms with van der Waals surface area (Å²) in [4.78, 5) is 0. The average molecular weight is 246 g/mol. The van der Waals surface area contributed by atoms with E-state index in [4.69, 9.17) is 4.74 Å². The Bertz CT molecular complexity index is 444. The van der Waals surface area contributed by atoms with E-state index in [2.05, 4.69) is 0 Å². The molecular weight excluding hydrogens is 233 g/mol. The van der Waals surface area contributed by atoms with Crippen LogP contribution in [0.5, 0.6) is 11.5 Å². The molecule has 17 heavy (non-hydrogen) atoms. The number of ether oxygens (including phenoxy) is 1. The predicted molar refractivity (Wildman–Crippen MR) is 56.1 cm³/mol. The molecular formula is C12H13F3O2. The summed E-state index contributed by atoms with van der Waals surface area (Å²) in [6.45, 7) is 2.36. The lowest BCUT2D eigenvalue weighted by Gasteiger charge is -2.36. The van der Waals surface area contributed by atoms with Crippen LogP contribution in [0.3, 0.4) is 0 Å². The third-order valence-corrected chi connectivity index (χ3v) is 2.96. The zero-order valence-corrected chi connectivity index (χ0v) is 9.51. The molecule has 1 heterocycles. The largest absolute Gasteiger partial charge is 0.504 e. The maximum Gasteiger partial charge on any atom is 0.288 e. The van der Waals surface area contributed by atoms with Crippen molar-refractivity contribution in [1.29, 1.82) is 0 Å². The molecule has 5 heteroatoms. The Balaban J connectivity index is 2.64. The van der Waals surface area contributed by atoms with Gasteiger partial charge in [0.1, 0.15) is 5.82 Å². The summed E-state index contributed by atoms with van der Waals surface area (Å²) >= 11 is 0. The second kappa shape index (κ2) is 3.82. The number of hydrogen-bond donors (Lipinski definition) is 1. The first-order valence-electron chi connectivity index (χ1n) is 5.36. The molecule has 0 saturated carbocycles. The molecule has 0 fully saturated rings. The smallest absolute Gasteiger partial charge is 0.288 e. The minimum Gasteiger partial charge on any atom is -0.504 e. The molecule has 0 spiro atoms. The van der Waals surface area contributed by atoms with Gasteiger partial charge in [0.2, 0.25) is 0 Å². The number of benzene rings is 1. The fraction of sp³-hybridized carbons (Fsp3) is 0.500. The summed E-state index contributed by atoms with van der Waals surface area (Å²) in [6.07, 6.45) is 0. The van der Waals surface area contributed by atoms with Crippen LogP contribution in [-0.4, -0.2) is 17.6 Å². The number of phenols is 1. The van der Waals surface area contributed by atoms with Crippen molar-refractivity contribution in [2.45, 2.75) is 25.7 Å². The summed E-state index contributed by atoms with van der Waals surface area (Å²) in [5, 5.41) is 9.51. The normalized spacial score (nSPS) is 22.1. The molecule has 1 atom stereocenters. The zero-order chi connectivity index (χ0) is 12.8. The molecule has 1 N–H and O–H groups in total. The molecule has 1 aromatic carbocycles. The minimum atomic E-state index is -3.13. The summed E-state index contributed by atoms with van der Waals surface area (Å²) in [5.74, 6) is -6.09. The van der Waals surface area contributed by atoms with Crippen LogP contribution in [0, 0.1) is 11.7 Å². The summed E-state index contributed by atoms with van der Waals surface area (Å²) in [5.41, 5.74) is -0.226. The van der Waals surface area contributed by atoms with E-state index in [-0.39, 0.29) is 17.1 Å². The van der Waals surface area contributed by atoms with Gasteiger partial charge in [0, 0.05) is 5.56 Å². The minimum absolute atomic E-state index is 0.158. The number of fused-ring (bicyclic) bond motifs is 1. The number of hydrogen-bond acceptors (Lipinski definition) is 2. The van der Waals surface area contributed by atoms with Gasteiger partial charge in [-0.3, -0.25) is 0 Å². The van der Waals surface area contributed by atoms with Crippen molar-refractivity contribution in [2.24, 2.45) is 5.92 Å². The van der Waals surface area contributed by atoms with Crippen LogP contribution < -0.4 is 4.74 Å². The Labute approximate surface area is 97.0 Å². The van der Waals surface area contributed by atoms with E-state index in [1.807, 2.05) is 0 Å². The van der Waals surface area contributed by atoms with Crippen LogP contribution in [0.25, 0.3) is 0 Å². The summed E-state index contributed by atoms with van der Waals surface area (Å²) in [7, 11) is 0. The highest BCUT2D eigenvalue weighted by atomic mass is 19.3. The lowest BCUT2D eigenvalue weighted by molar-refractivity contribution is -0.0899. The van der Waals surface area contributed by atoms with E-state index >= 15 is 0 Å². The first kappa shape index (κ1) is 12.1. The third-order valence-electron chi connectivity index (χ3n) is 2.96. The van der Waals surface area contributed by atoms with Crippen molar-refractivity contribution >= 4 is 0 Å². The van der Waals surface area contributed by atoms with Gasteiger partial charge in [-0.1, -0.05) is 13.8 Å². The zero-order valence-electron chi connectivity index (χ0n) is 9.51. The topological polar surface area (TPSA) is 29.5 Å². The number of rotatable bonds is 1. The molecule has 0 radical (unpaired) electrons. The molecule has 0 bridgehead atoms. The Kier molecular flexibility index (Phi) is 2.72. The van der Waals surface area contributed by atoms with Crippen LogP contribution in [0.1, 0.15) is 25.3 Å². The van der Waals surface area contributed by atoms with Crippen LogP contribution >= 0.6 is 0 Å². The highest BCUT2D eigenvalue weighted by Gasteiger charge is 2.49. The van der Waals surface area contributed by atoms with Crippen molar-refractivity contribution in [2.75, 3.05) is 6.61 Å². The quantitative estimate of drug-likeness (QED) is 0.823. The van der Waals surface area contributed by atoms with Gasteiger partial charge in [-0.2, -0.15) is 0 Å². The average Bonchev–Trinajstić information content (AvgIpc) is 2.21. The second-order valence-corrected chi connectivity index (χ2v) is 4.58. The van der Waals surface area contributed by atoms with Gasteiger partial charge >= 0.3 is 0 Å². The first-order valence-corrected chi connectivity index (χ1v) is 5.36. The molecule has 0 aromatic heterocycles. The lowest BCUT2D eigenvalue weighted by Crippen LogP contribution is -2.40. The number of phenolic OH excluding ortho intramolecular Hbond substituents is 1. The van der Waals surface area contributed by atoms with Gasteiger partial charge in [-0.15, -0.1) is 0 Å². The van der Waals surface area contributed by atoms with Gasteiger partial charge in [-0.25, -0.2) is 13.2 Å². The van der Waals surface area contributed by atoms with Gasteiger partial charge in [0.25, 0.3) is 5.92 Å². The van der Waals surface area contributed by atoms with Crippen LogP contribution in [0.15, 0.2) is 12.1 Å². The SMILES string of the molecule is CC(C)C1c2c(F)ccc(O)c2OCC1(F)F. The van der Waals surface area contributed by atoms with E-state index in [0.717, 1.165) is 12.1 Å². The molecule has 0 saturated heterocycles. The number of alkyl halides is 2. The summed E-state index contributed by atoms with van der Waals surface area (Å²) < 4.78 is 45.9. The Morgan fingerprint density at radius 1 is 1.41 bits per heavy atom. The Morgan fingerprint density at radius 2 is 2.06 bits per heavy atom. The number of aromatic hydroxyl groups is 1. The first-order chi connectivity index (χ1) is 7.84. The van der Waals surface area contributed by atoms with Crippen molar-refractivity contribution in [3.05, 3.63) is 23.5 Å². The van der Waals surface area contributed by atoms with E-state index in [1.165, 1.54) is 0 Å². The van der Waals surface area contributed by atoms with Gasteiger partial charge in [0.05, 0.1) is 5.92 Å². The third kappa shape index (κ3) is 1.83. The predicted octanol–water partition coefficient (Wildman–Crippen LogP) is 3.30.